The minimum Gasteiger partial charge on any atom is -0.377 e. The first kappa shape index (κ1) is 14.5. The van der Waals surface area contributed by atoms with Gasteiger partial charge in [0.2, 0.25) is 0 Å². The van der Waals surface area contributed by atoms with E-state index in [0.717, 1.165) is 33.0 Å². The van der Waals surface area contributed by atoms with E-state index < -0.39 is 0 Å². The van der Waals surface area contributed by atoms with E-state index >= 15 is 0 Å². The van der Waals surface area contributed by atoms with Gasteiger partial charge in [0, 0.05) is 11.4 Å². The Morgan fingerprint density at radius 1 is 1.26 bits per heavy atom. The Morgan fingerprint density at radius 2 is 2.09 bits per heavy atom. The fraction of sp³-hybridized carbons (Fsp3) is 0.294. The van der Waals surface area contributed by atoms with Gasteiger partial charge in [0.1, 0.15) is 18.0 Å². The van der Waals surface area contributed by atoms with Crippen LogP contribution in [0.4, 0.5) is 10.2 Å². The fourth-order valence-electron chi connectivity index (χ4n) is 2.84. The molecule has 3 heterocycles. The van der Waals surface area contributed by atoms with E-state index in [1.807, 2.05) is 6.07 Å². The van der Waals surface area contributed by atoms with Crippen molar-refractivity contribution in [1.29, 1.82) is 0 Å². The number of fused-ring (bicyclic) bond motifs is 1. The molecule has 1 fully saturated rings. The highest BCUT2D eigenvalue weighted by Gasteiger charge is 2.23. The predicted octanol–water partition coefficient (Wildman–Crippen LogP) is 3.72. The van der Waals surface area contributed by atoms with Gasteiger partial charge in [0.15, 0.2) is 0 Å². The Hall–Kier alpha value is -2.05. The third-order valence-corrected chi connectivity index (χ3v) is 5.23. The number of benzene rings is 1. The van der Waals surface area contributed by atoms with Gasteiger partial charge in [-0.3, -0.25) is 0 Å². The number of halogens is 1. The third kappa shape index (κ3) is 2.68. The number of hydrogen-bond donors (Lipinski definition) is 0. The molecule has 4 nitrogen and oxygen atoms in total. The molecule has 1 aliphatic heterocycles. The summed E-state index contributed by atoms with van der Waals surface area (Å²) in [5.74, 6) is 0.738. The van der Waals surface area contributed by atoms with Gasteiger partial charge in [-0.1, -0.05) is 12.1 Å². The fourth-order valence-corrected chi connectivity index (χ4v) is 3.97. The molecular formula is C17H16FN3OS. The lowest BCUT2D eigenvalue weighted by Gasteiger charge is -2.34. The van der Waals surface area contributed by atoms with Crippen LogP contribution in [-0.4, -0.2) is 35.8 Å². The normalized spacial score (nSPS) is 18.5. The number of nitrogens with zero attached hydrogens (tertiary/aromatic N) is 3. The molecule has 0 aliphatic carbocycles. The molecule has 118 valence electrons. The van der Waals surface area contributed by atoms with Gasteiger partial charge in [0.05, 0.1) is 29.5 Å². The number of aromatic nitrogens is 2. The highest BCUT2D eigenvalue weighted by molar-refractivity contribution is 7.22. The molecule has 0 unspecified atom stereocenters. The summed E-state index contributed by atoms with van der Waals surface area (Å²) < 4.78 is 19.7. The number of ether oxygens (including phenoxy) is 1. The molecule has 0 bridgehead atoms. The largest absolute Gasteiger partial charge is 0.377 e. The Bertz CT molecular complexity index is 833. The van der Waals surface area contributed by atoms with Crippen LogP contribution in [-0.2, 0) is 4.74 Å². The van der Waals surface area contributed by atoms with Gasteiger partial charge >= 0.3 is 0 Å². The van der Waals surface area contributed by atoms with Crippen molar-refractivity contribution in [3.05, 3.63) is 42.5 Å². The summed E-state index contributed by atoms with van der Waals surface area (Å²) in [6, 6.07) is 8.89. The Morgan fingerprint density at radius 3 is 2.87 bits per heavy atom. The van der Waals surface area contributed by atoms with E-state index in [0.29, 0.717) is 19.3 Å². The molecular weight excluding hydrogens is 313 g/mol. The summed E-state index contributed by atoms with van der Waals surface area (Å²) in [6.45, 7) is 4.40. The van der Waals surface area contributed by atoms with E-state index in [1.54, 1.807) is 29.8 Å². The topological polar surface area (TPSA) is 38.2 Å². The zero-order valence-electron chi connectivity index (χ0n) is 12.7. The number of anilines is 1. The summed E-state index contributed by atoms with van der Waals surface area (Å²) in [5, 5.41) is 0. The van der Waals surface area contributed by atoms with Crippen molar-refractivity contribution in [3.8, 4) is 10.4 Å². The second kappa shape index (κ2) is 5.86. The quantitative estimate of drug-likeness (QED) is 0.718. The van der Waals surface area contributed by atoms with Crippen LogP contribution in [0.1, 0.15) is 6.92 Å². The lowest BCUT2D eigenvalue weighted by molar-refractivity contribution is 0.0987. The summed E-state index contributed by atoms with van der Waals surface area (Å²) in [6.07, 6.45) is 1.61. The minimum absolute atomic E-state index is 0.225. The molecule has 6 heteroatoms. The maximum absolute atomic E-state index is 13.1. The average Bonchev–Trinajstić information content (AvgIpc) is 3.00. The predicted molar refractivity (Wildman–Crippen MR) is 90.4 cm³/mol. The van der Waals surface area contributed by atoms with Crippen LogP contribution in [0.2, 0.25) is 0 Å². The Balaban J connectivity index is 1.79. The van der Waals surface area contributed by atoms with E-state index in [4.69, 9.17) is 4.74 Å². The highest BCUT2D eigenvalue weighted by atomic mass is 32.1. The van der Waals surface area contributed by atoms with Gasteiger partial charge in [-0.2, -0.15) is 0 Å². The summed E-state index contributed by atoms with van der Waals surface area (Å²) >= 11 is 1.65. The lowest BCUT2D eigenvalue weighted by atomic mass is 10.2. The molecule has 0 amide bonds. The smallest absolute Gasteiger partial charge is 0.150 e. The first-order chi connectivity index (χ1) is 11.2. The van der Waals surface area contributed by atoms with Crippen molar-refractivity contribution in [1.82, 2.24) is 9.97 Å². The van der Waals surface area contributed by atoms with Crippen LogP contribution in [0.3, 0.4) is 0 Å². The second-order valence-electron chi connectivity index (χ2n) is 5.65. The van der Waals surface area contributed by atoms with Crippen molar-refractivity contribution < 1.29 is 9.13 Å². The molecule has 1 atom stereocenters. The maximum Gasteiger partial charge on any atom is 0.150 e. The molecule has 2 aromatic heterocycles. The van der Waals surface area contributed by atoms with Crippen LogP contribution >= 0.6 is 11.3 Å². The second-order valence-corrected chi connectivity index (χ2v) is 6.70. The third-order valence-electron chi connectivity index (χ3n) is 4.06. The maximum atomic E-state index is 13.1. The summed E-state index contributed by atoms with van der Waals surface area (Å²) in [5.41, 5.74) is 1.92. The standard InChI is InChI=1S/C17H16FN3OS/c1-11-9-22-7-6-21(11)17-16-14(19-10-20-17)8-15(23-16)12-2-4-13(18)5-3-12/h2-5,8,10-11H,6-7,9H2,1H3/t11-/m0/s1. The van der Waals surface area contributed by atoms with Gasteiger partial charge in [-0.15, -0.1) is 11.3 Å². The van der Waals surface area contributed by atoms with Crippen molar-refractivity contribution in [2.24, 2.45) is 0 Å². The van der Waals surface area contributed by atoms with Crippen molar-refractivity contribution >= 4 is 27.4 Å². The summed E-state index contributed by atoms with van der Waals surface area (Å²) in [4.78, 5) is 12.3. The molecule has 1 aliphatic rings. The van der Waals surface area contributed by atoms with E-state index in [9.17, 15) is 4.39 Å². The van der Waals surface area contributed by atoms with Gasteiger partial charge in [-0.05, 0) is 30.7 Å². The van der Waals surface area contributed by atoms with Crippen molar-refractivity contribution in [2.45, 2.75) is 13.0 Å². The van der Waals surface area contributed by atoms with Gasteiger partial charge in [0.25, 0.3) is 0 Å². The van der Waals surface area contributed by atoms with Crippen LogP contribution < -0.4 is 4.90 Å². The number of morpholine rings is 1. The van der Waals surface area contributed by atoms with E-state index in [1.165, 1.54) is 12.1 Å². The highest BCUT2D eigenvalue weighted by Crippen LogP contribution is 2.37. The van der Waals surface area contributed by atoms with Gasteiger partial charge < -0.3 is 9.64 Å². The molecule has 0 N–H and O–H groups in total. The minimum atomic E-state index is -0.225. The molecule has 4 rings (SSSR count). The number of hydrogen-bond acceptors (Lipinski definition) is 5. The van der Waals surface area contributed by atoms with Crippen LogP contribution in [0.5, 0.6) is 0 Å². The first-order valence-corrected chi connectivity index (χ1v) is 8.39. The molecule has 0 spiro atoms. The SMILES string of the molecule is C[C@H]1COCCN1c1ncnc2cc(-c3ccc(F)cc3)sc12. The van der Waals surface area contributed by atoms with Crippen LogP contribution in [0.25, 0.3) is 20.7 Å². The number of rotatable bonds is 2. The Labute approximate surface area is 137 Å². The zero-order valence-corrected chi connectivity index (χ0v) is 13.5. The molecule has 3 aromatic rings. The van der Waals surface area contributed by atoms with E-state index in [2.05, 4.69) is 21.8 Å². The zero-order chi connectivity index (χ0) is 15.8. The van der Waals surface area contributed by atoms with Crippen molar-refractivity contribution in [3.63, 3.8) is 0 Å². The molecule has 1 aromatic carbocycles. The lowest BCUT2D eigenvalue weighted by Crippen LogP contribution is -2.44. The van der Waals surface area contributed by atoms with Crippen molar-refractivity contribution in [2.75, 3.05) is 24.7 Å². The number of thiophene rings is 1. The monoisotopic (exact) mass is 329 g/mol. The molecule has 0 saturated carbocycles. The summed E-state index contributed by atoms with van der Waals surface area (Å²) in [7, 11) is 0. The van der Waals surface area contributed by atoms with E-state index in [-0.39, 0.29) is 5.82 Å². The molecule has 0 radical (unpaired) electrons. The molecule has 23 heavy (non-hydrogen) atoms. The first-order valence-electron chi connectivity index (χ1n) is 7.57. The van der Waals surface area contributed by atoms with Crippen LogP contribution in [0.15, 0.2) is 36.7 Å². The van der Waals surface area contributed by atoms with Gasteiger partial charge in [-0.25, -0.2) is 14.4 Å². The molecule has 1 saturated heterocycles. The average molecular weight is 329 g/mol. The van der Waals surface area contributed by atoms with Crippen LogP contribution in [0, 0.1) is 5.82 Å². The Kier molecular flexibility index (Phi) is 3.71.